The normalized spacial score (nSPS) is 25.2. The number of allylic oxidation sites excluding steroid dienone is 1. The summed E-state index contributed by atoms with van der Waals surface area (Å²) in [6, 6.07) is -0.733. The van der Waals surface area contributed by atoms with E-state index in [1.807, 2.05) is 0 Å². The molecule has 1 unspecified atom stereocenters. The van der Waals surface area contributed by atoms with Crippen LogP contribution in [0.1, 0.15) is 20.8 Å². The molecule has 5 heteroatoms. The smallest absolute Gasteiger partial charge is 0.277 e. The highest BCUT2D eigenvalue weighted by Crippen LogP contribution is 2.11. The highest BCUT2D eigenvalue weighted by molar-refractivity contribution is 6.11. The van der Waals surface area contributed by atoms with Crippen LogP contribution in [0.25, 0.3) is 0 Å². The first-order valence-electron chi connectivity index (χ1n) is 4.30. The van der Waals surface area contributed by atoms with Gasteiger partial charge >= 0.3 is 0 Å². The van der Waals surface area contributed by atoms with Crippen LogP contribution in [0.3, 0.4) is 0 Å². The van der Waals surface area contributed by atoms with E-state index < -0.39 is 17.9 Å². The van der Waals surface area contributed by atoms with Crippen LogP contribution < -0.4 is 5.32 Å². The summed E-state index contributed by atoms with van der Waals surface area (Å²) in [6.45, 7) is 4.41. The number of piperazine rings is 1. The van der Waals surface area contributed by atoms with Crippen molar-refractivity contribution in [1.29, 1.82) is 0 Å². The molecule has 0 aromatic carbocycles. The minimum absolute atomic E-state index is 0.156. The van der Waals surface area contributed by atoms with Crippen LogP contribution in [-0.2, 0) is 14.4 Å². The van der Waals surface area contributed by atoms with Gasteiger partial charge in [-0.15, -0.1) is 0 Å². The molecule has 14 heavy (non-hydrogen) atoms. The number of amides is 3. The Balaban J connectivity index is 3.07. The van der Waals surface area contributed by atoms with E-state index in [9.17, 15) is 14.4 Å². The van der Waals surface area contributed by atoms with E-state index >= 15 is 0 Å². The Bertz CT molecular complexity index is 333. The maximum Gasteiger partial charge on any atom is 0.277 e. The van der Waals surface area contributed by atoms with Crippen molar-refractivity contribution < 1.29 is 14.4 Å². The van der Waals surface area contributed by atoms with Gasteiger partial charge in [0.05, 0.1) is 0 Å². The molecule has 5 nitrogen and oxygen atoms in total. The van der Waals surface area contributed by atoms with Crippen molar-refractivity contribution in [3.05, 3.63) is 11.8 Å². The number of carbonyl (C=O) groups is 3. The molecule has 76 valence electrons. The maximum absolute atomic E-state index is 11.6. The topological polar surface area (TPSA) is 66.5 Å². The van der Waals surface area contributed by atoms with Crippen LogP contribution in [0, 0.1) is 0 Å². The molecule has 0 aromatic rings. The van der Waals surface area contributed by atoms with Crippen LogP contribution in [0.4, 0.5) is 0 Å². The van der Waals surface area contributed by atoms with Crippen LogP contribution >= 0.6 is 0 Å². The van der Waals surface area contributed by atoms with Gasteiger partial charge in [0.15, 0.2) is 0 Å². The van der Waals surface area contributed by atoms with Gasteiger partial charge < -0.3 is 5.32 Å². The van der Waals surface area contributed by atoms with E-state index in [1.54, 1.807) is 6.92 Å². The number of carbonyl (C=O) groups excluding carboxylic acids is 3. The Kier molecular flexibility index (Phi) is 2.69. The SMILES string of the molecule is C/C=C1\NC(=O)C(C)N(C(C)=O)C1=O. The maximum atomic E-state index is 11.6. The van der Waals surface area contributed by atoms with Crippen molar-refractivity contribution in [1.82, 2.24) is 10.2 Å². The first-order chi connectivity index (χ1) is 6.49. The van der Waals surface area contributed by atoms with Crippen molar-refractivity contribution in [2.75, 3.05) is 0 Å². The number of nitrogens with one attached hydrogen (secondary N) is 1. The quantitative estimate of drug-likeness (QED) is 0.545. The number of hydrogen-bond donors (Lipinski definition) is 1. The fourth-order valence-electron chi connectivity index (χ4n) is 1.32. The molecule has 0 bridgehead atoms. The van der Waals surface area contributed by atoms with Gasteiger partial charge in [0, 0.05) is 6.92 Å². The zero-order valence-electron chi connectivity index (χ0n) is 8.33. The molecule has 0 aromatic heterocycles. The van der Waals surface area contributed by atoms with E-state index in [0.717, 1.165) is 4.90 Å². The van der Waals surface area contributed by atoms with Crippen molar-refractivity contribution >= 4 is 17.7 Å². The molecule has 1 aliphatic rings. The summed E-state index contributed by atoms with van der Waals surface area (Å²) in [5.74, 6) is -1.21. The number of nitrogens with zero attached hydrogens (tertiary/aromatic N) is 1. The van der Waals surface area contributed by atoms with Gasteiger partial charge in [-0.05, 0) is 13.8 Å². The Morgan fingerprint density at radius 2 is 2.07 bits per heavy atom. The monoisotopic (exact) mass is 196 g/mol. The first kappa shape index (κ1) is 10.4. The zero-order valence-corrected chi connectivity index (χ0v) is 8.33. The molecule has 1 fully saturated rings. The molecule has 1 N–H and O–H groups in total. The summed E-state index contributed by atoms with van der Waals surface area (Å²) in [5.41, 5.74) is 0.156. The lowest BCUT2D eigenvalue weighted by Gasteiger charge is -2.31. The Hall–Kier alpha value is -1.65. The molecular formula is C9H12N2O3. The molecule has 0 spiro atoms. The number of imide groups is 1. The Morgan fingerprint density at radius 3 is 2.50 bits per heavy atom. The average Bonchev–Trinajstić information content (AvgIpc) is 2.11. The second-order valence-electron chi connectivity index (χ2n) is 3.06. The molecule has 1 rings (SSSR count). The summed E-state index contributed by atoms with van der Waals surface area (Å²) < 4.78 is 0. The van der Waals surface area contributed by atoms with Gasteiger partial charge in [-0.25, -0.2) is 0 Å². The summed E-state index contributed by atoms with van der Waals surface area (Å²) in [6.07, 6.45) is 1.47. The average molecular weight is 196 g/mol. The third-order valence-electron chi connectivity index (χ3n) is 2.10. The predicted molar refractivity (Wildman–Crippen MR) is 48.9 cm³/mol. The van der Waals surface area contributed by atoms with Gasteiger partial charge in [-0.2, -0.15) is 0 Å². The van der Waals surface area contributed by atoms with Crippen molar-refractivity contribution in [3.63, 3.8) is 0 Å². The molecule has 0 saturated carbocycles. The minimum Gasteiger partial charge on any atom is -0.320 e. The molecule has 0 aliphatic carbocycles. The second kappa shape index (κ2) is 3.61. The van der Waals surface area contributed by atoms with Gasteiger partial charge in [0.2, 0.25) is 11.8 Å². The van der Waals surface area contributed by atoms with E-state index in [1.165, 1.54) is 19.9 Å². The number of hydrogen-bond acceptors (Lipinski definition) is 3. The van der Waals surface area contributed by atoms with E-state index in [2.05, 4.69) is 5.32 Å². The first-order valence-corrected chi connectivity index (χ1v) is 4.30. The van der Waals surface area contributed by atoms with Gasteiger partial charge in [0.1, 0.15) is 11.7 Å². The van der Waals surface area contributed by atoms with E-state index in [-0.39, 0.29) is 11.6 Å². The van der Waals surface area contributed by atoms with Gasteiger partial charge in [-0.3, -0.25) is 19.3 Å². The summed E-state index contributed by atoms with van der Waals surface area (Å²) in [4.78, 5) is 35.0. The Morgan fingerprint density at radius 1 is 1.50 bits per heavy atom. The van der Waals surface area contributed by atoms with Crippen LogP contribution in [0.15, 0.2) is 11.8 Å². The third-order valence-corrected chi connectivity index (χ3v) is 2.10. The molecule has 1 heterocycles. The standard InChI is InChI=1S/C9H12N2O3/c1-4-7-9(14)11(6(3)12)5(2)8(13)10-7/h4-5H,1-3H3,(H,10,13)/b7-4-. The molecule has 3 amide bonds. The number of rotatable bonds is 0. The molecule has 1 aliphatic heterocycles. The lowest BCUT2D eigenvalue weighted by Crippen LogP contribution is -2.57. The summed E-state index contributed by atoms with van der Waals surface area (Å²) in [5, 5.41) is 2.43. The Labute approximate surface area is 81.8 Å². The highest BCUT2D eigenvalue weighted by atomic mass is 16.2. The molecule has 1 saturated heterocycles. The zero-order chi connectivity index (χ0) is 10.9. The summed E-state index contributed by atoms with van der Waals surface area (Å²) in [7, 11) is 0. The van der Waals surface area contributed by atoms with Crippen molar-refractivity contribution in [3.8, 4) is 0 Å². The van der Waals surface area contributed by atoms with Crippen LogP contribution in [0.5, 0.6) is 0 Å². The second-order valence-corrected chi connectivity index (χ2v) is 3.06. The molecular weight excluding hydrogens is 184 g/mol. The van der Waals surface area contributed by atoms with Crippen LogP contribution in [-0.4, -0.2) is 28.7 Å². The fourth-order valence-corrected chi connectivity index (χ4v) is 1.32. The van der Waals surface area contributed by atoms with Crippen molar-refractivity contribution in [2.24, 2.45) is 0 Å². The largest absolute Gasteiger partial charge is 0.320 e. The molecule has 0 radical (unpaired) electrons. The van der Waals surface area contributed by atoms with Gasteiger partial charge in [-0.1, -0.05) is 6.08 Å². The van der Waals surface area contributed by atoms with Crippen molar-refractivity contribution in [2.45, 2.75) is 26.8 Å². The summed E-state index contributed by atoms with van der Waals surface area (Å²) >= 11 is 0. The fraction of sp³-hybridized carbons (Fsp3) is 0.444. The van der Waals surface area contributed by atoms with Crippen LogP contribution in [0.2, 0.25) is 0 Å². The predicted octanol–water partition coefficient (Wildman–Crippen LogP) is -0.216. The minimum atomic E-state index is -0.733. The third kappa shape index (κ3) is 1.53. The lowest BCUT2D eigenvalue weighted by atomic mass is 10.1. The van der Waals surface area contributed by atoms with E-state index in [4.69, 9.17) is 0 Å². The van der Waals surface area contributed by atoms with E-state index in [0.29, 0.717) is 0 Å². The van der Waals surface area contributed by atoms with Gasteiger partial charge in [0.25, 0.3) is 5.91 Å². The molecule has 1 atom stereocenters. The highest BCUT2D eigenvalue weighted by Gasteiger charge is 2.36. The lowest BCUT2D eigenvalue weighted by molar-refractivity contribution is -0.151.